The monoisotopic (exact) mass is 448 g/mol. The quantitative estimate of drug-likeness (QED) is 0.360. The Morgan fingerprint density at radius 2 is 1.47 bits per heavy atom. The maximum Gasteiger partial charge on any atom is 0.184 e. The molecule has 30 heavy (non-hydrogen) atoms. The van der Waals surface area contributed by atoms with Gasteiger partial charge in [-0.3, -0.25) is 4.79 Å². The second-order valence-electron chi connectivity index (χ2n) is 13.1. The van der Waals surface area contributed by atoms with Crippen LogP contribution in [0.15, 0.2) is 11.6 Å². The molecule has 5 heteroatoms. The van der Waals surface area contributed by atoms with Crippen molar-refractivity contribution in [1.29, 1.82) is 0 Å². The van der Waals surface area contributed by atoms with Crippen molar-refractivity contribution < 1.29 is 13.6 Å². The molecule has 0 aliphatic heterocycles. The highest BCUT2D eigenvalue weighted by Gasteiger charge is 2.61. The Morgan fingerprint density at radius 3 is 2.10 bits per heavy atom. The van der Waals surface area contributed by atoms with Crippen LogP contribution < -0.4 is 0 Å². The number of fused-ring (bicyclic) bond motifs is 5. The van der Waals surface area contributed by atoms with E-state index in [2.05, 4.69) is 59.2 Å². The second-order valence-corrected chi connectivity index (χ2v) is 22.0. The lowest BCUT2D eigenvalue weighted by atomic mass is 9.47. The Morgan fingerprint density at radius 1 is 0.867 bits per heavy atom. The molecule has 4 rings (SSSR count). The first-order valence-electron chi connectivity index (χ1n) is 12.3. The number of ketones is 1. The molecule has 3 saturated carbocycles. The van der Waals surface area contributed by atoms with Crippen LogP contribution in [0.2, 0.25) is 39.3 Å². The van der Waals surface area contributed by atoms with Crippen molar-refractivity contribution in [2.45, 2.75) is 110 Å². The van der Waals surface area contributed by atoms with Crippen molar-refractivity contribution >= 4 is 22.4 Å². The lowest BCUT2D eigenvalue weighted by molar-refractivity contribution is -0.135. The smallest absolute Gasteiger partial charge is 0.184 e. The predicted molar refractivity (Wildman–Crippen MR) is 129 cm³/mol. The molecule has 0 spiro atoms. The molecule has 0 N–H and O–H groups in total. The zero-order valence-corrected chi connectivity index (χ0v) is 22.6. The number of rotatable bonds is 4. The fraction of sp³-hybridized carbons (Fsp3) is 0.880. The van der Waals surface area contributed by atoms with Gasteiger partial charge in [-0.2, -0.15) is 0 Å². The van der Waals surface area contributed by atoms with Gasteiger partial charge < -0.3 is 8.85 Å². The summed E-state index contributed by atoms with van der Waals surface area (Å²) in [6.45, 7) is 18.7. The van der Waals surface area contributed by atoms with E-state index in [1.807, 2.05) is 0 Å². The van der Waals surface area contributed by atoms with Gasteiger partial charge in [0.1, 0.15) is 5.78 Å². The number of Topliss-reactive ketones (excluding diaryl/α,β-unsaturated/α-hetero) is 1. The zero-order chi connectivity index (χ0) is 22.1. The van der Waals surface area contributed by atoms with Crippen molar-refractivity contribution in [2.75, 3.05) is 0 Å². The average molecular weight is 449 g/mol. The Bertz CT molecular complexity index is 734. The Kier molecular flexibility index (Phi) is 5.65. The molecule has 3 nitrogen and oxygen atoms in total. The fourth-order valence-corrected chi connectivity index (χ4v) is 9.73. The van der Waals surface area contributed by atoms with Crippen LogP contribution in [0, 0.1) is 28.6 Å². The molecule has 7 atom stereocenters. The van der Waals surface area contributed by atoms with Crippen LogP contribution in [-0.4, -0.2) is 34.6 Å². The second kappa shape index (κ2) is 7.39. The van der Waals surface area contributed by atoms with Gasteiger partial charge in [0.15, 0.2) is 16.6 Å². The minimum absolute atomic E-state index is 0.109. The molecule has 0 saturated heterocycles. The Labute approximate surface area is 186 Å². The highest BCUT2D eigenvalue weighted by molar-refractivity contribution is 6.70. The van der Waals surface area contributed by atoms with Gasteiger partial charge >= 0.3 is 0 Å². The van der Waals surface area contributed by atoms with Crippen LogP contribution in [0.5, 0.6) is 0 Å². The average Bonchev–Trinajstić information content (AvgIpc) is 2.89. The third-order valence-corrected chi connectivity index (χ3v) is 10.8. The van der Waals surface area contributed by atoms with Crippen LogP contribution in [0.3, 0.4) is 0 Å². The number of hydrogen-bond donors (Lipinski definition) is 0. The zero-order valence-electron chi connectivity index (χ0n) is 20.6. The largest absolute Gasteiger partial charge is 0.414 e. The van der Waals surface area contributed by atoms with Crippen molar-refractivity contribution in [3.05, 3.63) is 11.6 Å². The van der Waals surface area contributed by atoms with Gasteiger partial charge in [0.25, 0.3) is 0 Å². The molecular formula is C25H44O3Si2. The predicted octanol–water partition coefficient (Wildman–Crippen LogP) is 6.57. The molecule has 0 bridgehead atoms. The van der Waals surface area contributed by atoms with Gasteiger partial charge in [0, 0.05) is 17.9 Å². The van der Waals surface area contributed by atoms with Crippen LogP contribution >= 0.6 is 0 Å². The number of carbonyl (C=O) groups is 1. The third-order valence-electron chi connectivity index (χ3n) is 8.78. The summed E-state index contributed by atoms with van der Waals surface area (Å²) in [4.78, 5) is 12.9. The first-order valence-corrected chi connectivity index (χ1v) is 19.1. The van der Waals surface area contributed by atoms with Gasteiger partial charge in [0.05, 0.1) is 6.10 Å². The summed E-state index contributed by atoms with van der Waals surface area (Å²) in [7, 11) is -3.24. The van der Waals surface area contributed by atoms with Crippen molar-refractivity contribution in [1.82, 2.24) is 0 Å². The lowest BCUT2D eigenvalue weighted by Gasteiger charge is -2.59. The van der Waals surface area contributed by atoms with Crippen LogP contribution in [0.1, 0.15) is 58.8 Å². The number of carbonyl (C=O) groups excluding carboxylic acids is 1. The van der Waals surface area contributed by atoms with Crippen LogP contribution in [0.4, 0.5) is 0 Å². The van der Waals surface area contributed by atoms with E-state index in [0.717, 1.165) is 25.7 Å². The summed E-state index contributed by atoms with van der Waals surface area (Å²) in [5, 5.41) is 0. The molecule has 4 aliphatic rings. The molecule has 0 radical (unpaired) electrons. The Hall–Kier alpha value is -0.236. The molecule has 0 aromatic rings. The van der Waals surface area contributed by atoms with E-state index in [-0.39, 0.29) is 16.9 Å². The summed E-state index contributed by atoms with van der Waals surface area (Å²) in [5.74, 6) is 2.17. The lowest BCUT2D eigenvalue weighted by Crippen LogP contribution is -2.56. The van der Waals surface area contributed by atoms with Gasteiger partial charge in [0.2, 0.25) is 0 Å². The van der Waals surface area contributed by atoms with Crippen molar-refractivity contribution in [2.24, 2.45) is 28.6 Å². The molecule has 0 aromatic carbocycles. The fourth-order valence-electron chi connectivity index (χ4n) is 7.48. The third kappa shape index (κ3) is 3.97. The van der Waals surface area contributed by atoms with E-state index in [4.69, 9.17) is 8.85 Å². The minimum Gasteiger partial charge on any atom is -0.414 e. The standard InChI is InChI=1S/C25H44O3Si2/c1-24-13-11-18(27-29(3,4)5)15-17(24)16-21(28-30(6,7)8)23-19-9-10-22(26)25(19,2)14-12-20(23)24/h16,18-21,23H,9-15H2,1-8H3/t18-,19?,20?,21-,23?,24-,25-/m0/s1. The van der Waals surface area contributed by atoms with Crippen LogP contribution in [-0.2, 0) is 13.6 Å². The van der Waals surface area contributed by atoms with Gasteiger partial charge in [-0.05, 0) is 101 Å². The number of hydrogen-bond acceptors (Lipinski definition) is 3. The highest BCUT2D eigenvalue weighted by Crippen LogP contribution is 2.64. The highest BCUT2D eigenvalue weighted by atomic mass is 28.4. The summed E-state index contributed by atoms with van der Waals surface area (Å²) >= 11 is 0. The maximum absolute atomic E-state index is 12.9. The van der Waals surface area contributed by atoms with E-state index in [1.165, 1.54) is 19.3 Å². The van der Waals surface area contributed by atoms with Gasteiger partial charge in [-0.1, -0.05) is 25.5 Å². The normalized spacial score (nSPS) is 44.2. The SMILES string of the molecule is C[C@]12CC[C@H](O[Si](C)(C)C)CC1=C[C@H](O[Si](C)(C)C)C1C2CC[C@]2(C)C(=O)CCC12. The minimum atomic E-state index is -1.70. The van der Waals surface area contributed by atoms with E-state index >= 15 is 0 Å². The Balaban J connectivity index is 1.71. The van der Waals surface area contributed by atoms with E-state index < -0.39 is 16.6 Å². The topological polar surface area (TPSA) is 35.5 Å². The maximum atomic E-state index is 12.9. The van der Waals surface area contributed by atoms with E-state index in [9.17, 15) is 4.79 Å². The molecule has 170 valence electrons. The first-order chi connectivity index (χ1) is 13.7. The molecule has 0 aromatic heterocycles. The molecule has 0 heterocycles. The molecule has 3 fully saturated rings. The van der Waals surface area contributed by atoms with Gasteiger partial charge in [-0.15, -0.1) is 0 Å². The summed E-state index contributed by atoms with van der Waals surface area (Å²) in [6, 6.07) is 0. The molecule has 3 unspecified atom stereocenters. The summed E-state index contributed by atoms with van der Waals surface area (Å²) in [6.07, 6.45) is 10.7. The molecular weight excluding hydrogens is 404 g/mol. The van der Waals surface area contributed by atoms with Crippen molar-refractivity contribution in [3.8, 4) is 0 Å². The first kappa shape index (κ1) is 22.9. The van der Waals surface area contributed by atoms with Gasteiger partial charge in [-0.25, -0.2) is 0 Å². The van der Waals surface area contributed by atoms with Crippen LogP contribution in [0.25, 0.3) is 0 Å². The summed E-state index contributed by atoms with van der Waals surface area (Å²) in [5.41, 5.74) is 1.76. The molecule has 0 amide bonds. The van der Waals surface area contributed by atoms with E-state index in [1.54, 1.807) is 5.57 Å². The van der Waals surface area contributed by atoms with E-state index in [0.29, 0.717) is 29.6 Å². The summed E-state index contributed by atoms with van der Waals surface area (Å²) < 4.78 is 13.5. The molecule has 4 aliphatic carbocycles. The van der Waals surface area contributed by atoms with Crippen molar-refractivity contribution in [3.63, 3.8) is 0 Å².